The van der Waals surface area contributed by atoms with Gasteiger partial charge in [0.15, 0.2) is 0 Å². The summed E-state index contributed by atoms with van der Waals surface area (Å²) >= 11 is 9.05. The van der Waals surface area contributed by atoms with E-state index in [-0.39, 0.29) is 11.4 Å². The van der Waals surface area contributed by atoms with Crippen LogP contribution in [0.15, 0.2) is 27.6 Å². The summed E-state index contributed by atoms with van der Waals surface area (Å²) in [7, 11) is -3.55. The summed E-state index contributed by atoms with van der Waals surface area (Å²) in [5.41, 5.74) is 0. The van der Waals surface area contributed by atoms with E-state index < -0.39 is 16.1 Å². The minimum atomic E-state index is -3.55. The Kier molecular flexibility index (Phi) is 4.33. The van der Waals surface area contributed by atoms with Gasteiger partial charge in [0.1, 0.15) is 0 Å². The summed E-state index contributed by atoms with van der Waals surface area (Å²) in [6.45, 7) is 0.599. The molecule has 1 aliphatic heterocycles. The number of nitrogens with zero attached hydrogens (tertiary/aromatic N) is 1. The Morgan fingerprint density at radius 3 is 2.78 bits per heavy atom. The summed E-state index contributed by atoms with van der Waals surface area (Å²) < 4.78 is 26.6. The Labute approximate surface area is 120 Å². The highest BCUT2D eigenvalue weighted by molar-refractivity contribution is 9.10. The number of halogens is 2. The van der Waals surface area contributed by atoms with Crippen molar-refractivity contribution in [2.75, 3.05) is 13.1 Å². The number of hydrogen-bond donors (Lipinski definition) is 1. The lowest BCUT2D eigenvalue weighted by molar-refractivity contribution is 0.108. The molecule has 0 saturated carbocycles. The molecule has 0 unspecified atom stereocenters. The third kappa shape index (κ3) is 2.88. The minimum absolute atomic E-state index is 0.155. The molecule has 18 heavy (non-hydrogen) atoms. The first-order valence-corrected chi connectivity index (χ1v) is 8.15. The van der Waals surface area contributed by atoms with Crippen LogP contribution in [-0.4, -0.2) is 37.0 Å². The Morgan fingerprint density at radius 2 is 2.17 bits per heavy atom. The van der Waals surface area contributed by atoms with E-state index in [1.54, 1.807) is 6.07 Å². The lowest BCUT2D eigenvalue weighted by Crippen LogP contribution is -2.42. The number of rotatable bonds is 2. The van der Waals surface area contributed by atoms with Crippen LogP contribution in [0, 0.1) is 0 Å². The van der Waals surface area contributed by atoms with Crippen molar-refractivity contribution in [1.82, 2.24) is 4.31 Å². The van der Waals surface area contributed by atoms with Crippen LogP contribution in [0.25, 0.3) is 0 Å². The van der Waals surface area contributed by atoms with Gasteiger partial charge in [0.25, 0.3) is 0 Å². The molecule has 1 aliphatic rings. The standard InChI is InChI=1S/C11H13BrClNO3S/c12-10-6-9(3-4-11(10)13)18(16,17)14-5-1-2-8(15)7-14/h3-4,6,8,15H,1-2,5,7H2/t8-/m0/s1. The maximum atomic E-state index is 12.3. The summed E-state index contributed by atoms with van der Waals surface area (Å²) in [6.07, 6.45) is 0.746. The number of hydrogen-bond acceptors (Lipinski definition) is 3. The largest absolute Gasteiger partial charge is 0.392 e. The molecule has 7 heteroatoms. The molecule has 0 spiro atoms. The summed E-state index contributed by atoms with van der Waals surface area (Å²) in [5.74, 6) is 0. The first-order chi connectivity index (χ1) is 8.41. The second-order valence-electron chi connectivity index (χ2n) is 4.24. The van der Waals surface area contributed by atoms with Crippen LogP contribution < -0.4 is 0 Å². The molecule has 4 nitrogen and oxygen atoms in total. The van der Waals surface area contributed by atoms with Crippen molar-refractivity contribution in [3.63, 3.8) is 0 Å². The predicted octanol–water partition coefficient (Wildman–Crippen LogP) is 2.25. The van der Waals surface area contributed by atoms with E-state index in [9.17, 15) is 13.5 Å². The molecule has 0 amide bonds. The molecule has 1 fully saturated rings. The average Bonchev–Trinajstić information content (AvgIpc) is 2.32. The zero-order valence-electron chi connectivity index (χ0n) is 9.51. The lowest BCUT2D eigenvalue weighted by atomic mass is 10.1. The lowest BCUT2D eigenvalue weighted by Gasteiger charge is -2.29. The minimum Gasteiger partial charge on any atom is -0.392 e. The summed E-state index contributed by atoms with van der Waals surface area (Å²) in [5, 5.41) is 10.0. The Morgan fingerprint density at radius 1 is 1.44 bits per heavy atom. The first kappa shape index (κ1) is 14.3. The number of sulfonamides is 1. The number of benzene rings is 1. The van der Waals surface area contributed by atoms with Crippen LogP contribution in [0.4, 0.5) is 0 Å². The van der Waals surface area contributed by atoms with Gasteiger partial charge in [0.2, 0.25) is 10.0 Å². The highest BCUT2D eigenvalue weighted by Gasteiger charge is 2.29. The third-order valence-electron chi connectivity index (χ3n) is 2.89. The van der Waals surface area contributed by atoms with Gasteiger partial charge in [-0.15, -0.1) is 0 Å². The monoisotopic (exact) mass is 353 g/mol. The van der Waals surface area contributed by atoms with E-state index >= 15 is 0 Å². The fourth-order valence-corrected chi connectivity index (χ4v) is 4.12. The van der Waals surface area contributed by atoms with Gasteiger partial charge in [0.05, 0.1) is 16.0 Å². The molecular weight excluding hydrogens is 342 g/mol. The maximum absolute atomic E-state index is 12.3. The second kappa shape index (κ2) is 5.46. The van der Waals surface area contributed by atoms with Gasteiger partial charge in [-0.05, 0) is 47.0 Å². The van der Waals surface area contributed by atoms with Crippen LogP contribution in [-0.2, 0) is 10.0 Å². The SMILES string of the molecule is O=S(=O)(c1ccc(Cl)c(Br)c1)N1CCC[C@H](O)C1. The van der Waals surface area contributed by atoms with Crippen LogP contribution in [0.2, 0.25) is 5.02 Å². The molecule has 0 radical (unpaired) electrons. The summed E-state index contributed by atoms with van der Waals surface area (Å²) in [4.78, 5) is 0.188. The van der Waals surface area contributed by atoms with Crippen LogP contribution in [0.3, 0.4) is 0 Å². The predicted molar refractivity (Wildman–Crippen MR) is 73.2 cm³/mol. The van der Waals surface area contributed by atoms with Crippen molar-refractivity contribution in [2.45, 2.75) is 23.8 Å². The number of piperidine rings is 1. The molecule has 0 aromatic heterocycles. The van der Waals surface area contributed by atoms with Crippen molar-refractivity contribution < 1.29 is 13.5 Å². The molecule has 0 aliphatic carbocycles. The van der Waals surface area contributed by atoms with Gasteiger partial charge in [-0.2, -0.15) is 4.31 Å². The first-order valence-electron chi connectivity index (χ1n) is 5.54. The van der Waals surface area contributed by atoms with Gasteiger partial charge in [-0.1, -0.05) is 11.6 Å². The van der Waals surface area contributed by atoms with Crippen molar-refractivity contribution in [3.8, 4) is 0 Å². The zero-order valence-corrected chi connectivity index (χ0v) is 12.7. The zero-order chi connectivity index (χ0) is 13.3. The highest BCUT2D eigenvalue weighted by atomic mass is 79.9. The number of aliphatic hydroxyl groups is 1. The van der Waals surface area contributed by atoms with Crippen LogP contribution >= 0.6 is 27.5 Å². The van der Waals surface area contributed by atoms with Crippen molar-refractivity contribution >= 4 is 37.6 Å². The average molecular weight is 355 g/mol. The quantitative estimate of drug-likeness (QED) is 0.886. The Bertz CT molecular complexity index is 549. The third-order valence-corrected chi connectivity index (χ3v) is 5.96. The fraction of sp³-hybridized carbons (Fsp3) is 0.455. The summed E-state index contributed by atoms with van der Waals surface area (Å²) in [6, 6.07) is 4.50. The molecule has 1 aromatic carbocycles. The van der Waals surface area contributed by atoms with Gasteiger partial charge in [0, 0.05) is 17.6 Å². The molecule has 1 atom stereocenters. The normalized spacial score (nSPS) is 22.1. The van der Waals surface area contributed by atoms with Gasteiger partial charge in [-0.3, -0.25) is 0 Å². The van der Waals surface area contributed by atoms with Gasteiger partial charge >= 0.3 is 0 Å². The molecule has 0 bridgehead atoms. The highest BCUT2D eigenvalue weighted by Crippen LogP contribution is 2.28. The topological polar surface area (TPSA) is 57.6 Å². The van der Waals surface area contributed by atoms with E-state index in [4.69, 9.17) is 11.6 Å². The van der Waals surface area contributed by atoms with Gasteiger partial charge in [-0.25, -0.2) is 8.42 Å². The smallest absolute Gasteiger partial charge is 0.243 e. The molecule has 1 saturated heterocycles. The fourth-order valence-electron chi connectivity index (χ4n) is 1.93. The molecule has 100 valence electrons. The molecule has 1 N–H and O–H groups in total. The second-order valence-corrected chi connectivity index (χ2v) is 7.43. The molecule has 1 aromatic rings. The Balaban J connectivity index is 2.32. The number of β-amino-alcohol motifs (C(OH)–C–C–N with tert-alkyl or cyclic N) is 1. The molecule has 2 rings (SSSR count). The van der Waals surface area contributed by atoms with E-state index in [2.05, 4.69) is 15.9 Å². The maximum Gasteiger partial charge on any atom is 0.243 e. The van der Waals surface area contributed by atoms with E-state index in [0.29, 0.717) is 28.9 Å². The van der Waals surface area contributed by atoms with E-state index in [1.165, 1.54) is 16.4 Å². The van der Waals surface area contributed by atoms with Crippen molar-refractivity contribution in [1.29, 1.82) is 0 Å². The van der Waals surface area contributed by atoms with Gasteiger partial charge < -0.3 is 5.11 Å². The van der Waals surface area contributed by atoms with E-state index in [0.717, 1.165) is 0 Å². The Hall–Kier alpha value is -0.140. The van der Waals surface area contributed by atoms with Crippen molar-refractivity contribution in [2.24, 2.45) is 0 Å². The molecular formula is C11H13BrClNO3S. The van der Waals surface area contributed by atoms with Crippen LogP contribution in [0.1, 0.15) is 12.8 Å². The van der Waals surface area contributed by atoms with E-state index in [1.807, 2.05) is 0 Å². The number of aliphatic hydroxyl groups excluding tert-OH is 1. The van der Waals surface area contributed by atoms with Crippen LogP contribution in [0.5, 0.6) is 0 Å². The van der Waals surface area contributed by atoms with Crippen molar-refractivity contribution in [3.05, 3.63) is 27.7 Å². The molecule has 1 heterocycles.